The molecule has 1 aliphatic heterocycles. The second-order valence-electron chi connectivity index (χ2n) is 9.05. The van der Waals surface area contributed by atoms with Crippen molar-refractivity contribution in [1.29, 1.82) is 0 Å². The van der Waals surface area contributed by atoms with Crippen molar-refractivity contribution in [2.45, 2.75) is 45.4 Å². The number of likely N-dealkylation sites (tertiary alicyclic amines) is 1. The summed E-state index contributed by atoms with van der Waals surface area (Å²) in [5, 5.41) is 0.709. The summed E-state index contributed by atoms with van der Waals surface area (Å²) in [4.78, 5) is 38.4. The van der Waals surface area contributed by atoms with Gasteiger partial charge < -0.3 is 14.2 Å². The summed E-state index contributed by atoms with van der Waals surface area (Å²) >= 11 is 1.38. The highest BCUT2D eigenvalue weighted by Gasteiger charge is 2.34. The molecule has 0 bridgehead atoms. The van der Waals surface area contributed by atoms with Gasteiger partial charge in [0.25, 0.3) is 5.56 Å². The number of hydrogen-bond donors (Lipinski definition) is 0. The van der Waals surface area contributed by atoms with Crippen LogP contribution in [-0.2, 0) is 24.3 Å². The molecular weight excluding hydrogens is 504 g/mol. The third kappa shape index (κ3) is 5.08. The Morgan fingerprint density at radius 2 is 1.92 bits per heavy atom. The number of methoxy groups -OCH3 is 2. The Bertz CT molecular complexity index is 1500. The van der Waals surface area contributed by atoms with Gasteiger partial charge in [-0.2, -0.15) is 0 Å². The molecule has 1 aliphatic rings. The van der Waals surface area contributed by atoms with Crippen LogP contribution in [0.3, 0.4) is 0 Å². The molecule has 5 rings (SSSR count). The van der Waals surface area contributed by atoms with Crippen molar-refractivity contribution in [3.05, 3.63) is 80.8 Å². The summed E-state index contributed by atoms with van der Waals surface area (Å²) in [7, 11) is 3.19. The molecule has 9 nitrogen and oxygen atoms in total. The fraction of sp³-hybridized carbons (Fsp3) is 0.357. The summed E-state index contributed by atoms with van der Waals surface area (Å²) in [5.74, 6) is 1.98. The van der Waals surface area contributed by atoms with Crippen LogP contribution in [0.1, 0.15) is 47.8 Å². The van der Waals surface area contributed by atoms with Crippen molar-refractivity contribution in [3.8, 4) is 11.5 Å². The molecule has 0 radical (unpaired) electrons. The maximum atomic E-state index is 13.6. The first-order chi connectivity index (χ1) is 18.5. The zero-order chi connectivity index (χ0) is 26.6. The molecular formula is C28H30N4O5S. The van der Waals surface area contributed by atoms with Crippen molar-refractivity contribution in [3.63, 3.8) is 0 Å². The van der Waals surface area contributed by atoms with Crippen molar-refractivity contribution < 1.29 is 19.0 Å². The lowest BCUT2D eigenvalue weighted by atomic mass is 10.2. The van der Waals surface area contributed by atoms with Crippen LogP contribution in [0.15, 0.2) is 53.3 Å². The van der Waals surface area contributed by atoms with Gasteiger partial charge in [-0.1, -0.05) is 48.6 Å². The molecule has 1 amide bonds. The van der Waals surface area contributed by atoms with Gasteiger partial charge in [0, 0.05) is 24.6 Å². The lowest BCUT2D eigenvalue weighted by Gasteiger charge is -2.22. The van der Waals surface area contributed by atoms with E-state index < -0.39 is 0 Å². The van der Waals surface area contributed by atoms with E-state index in [0.717, 1.165) is 24.0 Å². The number of thiazole rings is 1. The van der Waals surface area contributed by atoms with Crippen LogP contribution in [0.25, 0.3) is 10.3 Å². The van der Waals surface area contributed by atoms with Gasteiger partial charge in [-0.25, -0.2) is 14.8 Å². The van der Waals surface area contributed by atoms with Crippen molar-refractivity contribution in [1.82, 2.24) is 19.4 Å². The number of aryl methyl sites for hydroxylation is 1. The summed E-state index contributed by atoms with van der Waals surface area (Å²) in [6.07, 6.45) is 1.81. The molecule has 3 heterocycles. The van der Waals surface area contributed by atoms with Crippen LogP contribution in [0.5, 0.6) is 11.5 Å². The van der Waals surface area contributed by atoms with Gasteiger partial charge in [0.2, 0.25) is 0 Å². The maximum absolute atomic E-state index is 13.6. The Labute approximate surface area is 224 Å². The van der Waals surface area contributed by atoms with Crippen molar-refractivity contribution in [2.75, 3.05) is 20.8 Å². The molecule has 2 aromatic heterocycles. The largest absolute Gasteiger partial charge is 0.497 e. The first-order valence-corrected chi connectivity index (χ1v) is 13.4. The molecule has 10 heteroatoms. The zero-order valence-corrected chi connectivity index (χ0v) is 22.5. The second kappa shape index (κ2) is 11.2. The minimum Gasteiger partial charge on any atom is -0.497 e. The smallest absolute Gasteiger partial charge is 0.410 e. The van der Waals surface area contributed by atoms with E-state index in [-0.39, 0.29) is 24.3 Å². The Morgan fingerprint density at radius 3 is 2.66 bits per heavy atom. The first kappa shape index (κ1) is 25.7. The summed E-state index contributed by atoms with van der Waals surface area (Å²) in [6, 6.07) is 14.9. The van der Waals surface area contributed by atoms with E-state index in [9.17, 15) is 9.59 Å². The fourth-order valence-electron chi connectivity index (χ4n) is 4.74. The molecule has 4 aromatic rings. The van der Waals surface area contributed by atoms with E-state index >= 15 is 0 Å². The number of amides is 1. The molecule has 198 valence electrons. The lowest BCUT2D eigenvalue weighted by molar-refractivity contribution is 0.0920. The molecule has 0 spiro atoms. The van der Waals surface area contributed by atoms with Crippen molar-refractivity contribution in [2.24, 2.45) is 0 Å². The van der Waals surface area contributed by atoms with E-state index in [1.54, 1.807) is 29.8 Å². The molecule has 0 unspecified atom stereocenters. The SMILES string of the molecule is CCc1nc2sc([C@H]3CCCN3C(=O)OCc3ccccc3)nc2c(=O)n1Cc1ccc(OC)cc1OC. The average Bonchev–Trinajstić information content (AvgIpc) is 3.61. The van der Waals surface area contributed by atoms with Crippen LogP contribution in [0.2, 0.25) is 0 Å². The van der Waals surface area contributed by atoms with E-state index in [4.69, 9.17) is 24.2 Å². The third-order valence-corrected chi connectivity index (χ3v) is 7.78. The molecule has 1 fully saturated rings. The molecule has 2 aromatic carbocycles. The van der Waals surface area contributed by atoms with Crippen LogP contribution >= 0.6 is 11.3 Å². The second-order valence-corrected chi connectivity index (χ2v) is 10.1. The van der Waals surface area contributed by atoms with Gasteiger partial charge in [-0.15, -0.1) is 0 Å². The quantitative estimate of drug-likeness (QED) is 0.315. The van der Waals surface area contributed by atoms with Gasteiger partial charge in [0.1, 0.15) is 28.9 Å². The number of aromatic nitrogens is 3. The number of benzene rings is 2. The molecule has 1 atom stereocenters. The normalized spacial score (nSPS) is 15.1. The van der Waals surface area contributed by atoms with E-state index in [0.29, 0.717) is 52.2 Å². The van der Waals surface area contributed by atoms with Gasteiger partial charge >= 0.3 is 6.09 Å². The van der Waals surface area contributed by atoms with Gasteiger partial charge in [-0.3, -0.25) is 14.3 Å². The number of fused-ring (bicyclic) bond motifs is 1. The number of carbonyl (C=O) groups is 1. The Kier molecular flexibility index (Phi) is 7.59. The van der Waals surface area contributed by atoms with Crippen LogP contribution < -0.4 is 15.0 Å². The topological polar surface area (TPSA) is 95.8 Å². The number of ether oxygens (including phenoxy) is 3. The number of rotatable bonds is 8. The van der Waals surface area contributed by atoms with Gasteiger partial charge in [0.05, 0.1) is 26.8 Å². The lowest BCUT2D eigenvalue weighted by Crippen LogP contribution is -2.31. The summed E-state index contributed by atoms with van der Waals surface area (Å²) in [6.45, 7) is 3.07. The minimum atomic E-state index is -0.373. The first-order valence-electron chi connectivity index (χ1n) is 12.6. The Morgan fingerprint density at radius 1 is 1.11 bits per heavy atom. The minimum absolute atomic E-state index is 0.205. The highest BCUT2D eigenvalue weighted by atomic mass is 32.1. The molecule has 38 heavy (non-hydrogen) atoms. The van der Waals surface area contributed by atoms with Gasteiger partial charge in [0.15, 0.2) is 10.3 Å². The van der Waals surface area contributed by atoms with E-state index in [1.165, 1.54) is 11.3 Å². The zero-order valence-electron chi connectivity index (χ0n) is 21.7. The highest BCUT2D eigenvalue weighted by Crippen LogP contribution is 2.36. The maximum Gasteiger partial charge on any atom is 0.410 e. The molecule has 0 saturated carbocycles. The standard InChI is InChI=1S/C28H30N4O5S/c1-4-23-29-26-24(27(33)32(23)16-19-12-13-20(35-2)15-22(19)36-3)30-25(38-26)21-11-8-14-31(21)28(34)37-17-18-9-6-5-7-10-18/h5-7,9-10,12-13,15,21H,4,8,11,14,16-17H2,1-3H3/t21-/m1/s1. The summed E-state index contributed by atoms with van der Waals surface area (Å²) < 4.78 is 18.1. The number of carbonyl (C=O) groups excluding carboxylic acids is 1. The third-order valence-electron chi connectivity index (χ3n) is 6.73. The monoisotopic (exact) mass is 534 g/mol. The van der Waals surface area contributed by atoms with Crippen LogP contribution in [-0.4, -0.2) is 46.3 Å². The van der Waals surface area contributed by atoms with Gasteiger partial charge in [-0.05, 0) is 30.5 Å². The van der Waals surface area contributed by atoms with Crippen LogP contribution in [0.4, 0.5) is 4.79 Å². The van der Waals surface area contributed by atoms with E-state index in [2.05, 4.69) is 0 Å². The van der Waals surface area contributed by atoms with Crippen molar-refractivity contribution >= 4 is 27.8 Å². The number of hydrogen-bond acceptors (Lipinski definition) is 8. The Hall–Kier alpha value is -3.92. The van der Waals surface area contributed by atoms with E-state index in [1.807, 2.05) is 49.4 Å². The summed E-state index contributed by atoms with van der Waals surface area (Å²) in [5.41, 5.74) is 1.88. The number of nitrogens with zero attached hydrogens (tertiary/aromatic N) is 4. The average molecular weight is 535 g/mol. The highest BCUT2D eigenvalue weighted by molar-refractivity contribution is 7.18. The predicted octanol–water partition coefficient (Wildman–Crippen LogP) is 4.95. The molecule has 0 aliphatic carbocycles. The fourth-order valence-corrected chi connectivity index (χ4v) is 5.84. The molecule has 0 N–H and O–H groups in total. The molecule has 1 saturated heterocycles. The van der Waals surface area contributed by atoms with Crippen LogP contribution in [0, 0.1) is 0 Å². The Balaban J connectivity index is 1.43. The predicted molar refractivity (Wildman–Crippen MR) is 145 cm³/mol.